The maximum absolute atomic E-state index is 12.8. The second-order valence-electron chi connectivity index (χ2n) is 7.89. The number of halogens is 1. The molecular weight excluding hydrogens is 456 g/mol. The van der Waals surface area contributed by atoms with Gasteiger partial charge in [-0.15, -0.1) is 0 Å². The Hall–Kier alpha value is -3.91. The Labute approximate surface area is 202 Å². The standard InChI is InChI=1S/C25H25ClN4O4/c1-16-7-6-10-21(17(16)2)28-24(31)15-29(3)25(32)18-11-12-22(23(13-18)30(33)34)27-14-19-8-4-5-9-20(19)26/h4-13,27H,14-15H2,1-3H3,(H,28,31). The van der Waals surface area contributed by atoms with E-state index in [0.717, 1.165) is 16.7 Å². The Morgan fingerprint density at radius 2 is 1.76 bits per heavy atom. The van der Waals surface area contributed by atoms with E-state index < -0.39 is 10.8 Å². The van der Waals surface area contributed by atoms with Crippen molar-refractivity contribution in [2.75, 3.05) is 24.2 Å². The van der Waals surface area contributed by atoms with Gasteiger partial charge in [0.05, 0.1) is 11.5 Å². The summed E-state index contributed by atoms with van der Waals surface area (Å²) < 4.78 is 0. The lowest BCUT2D eigenvalue weighted by Gasteiger charge is -2.18. The number of aryl methyl sites for hydroxylation is 1. The van der Waals surface area contributed by atoms with E-state index in [1.807, 2.05) is 38.1 Å². The molecule has 8 nitrogen and oxygen atoms in total. The molecule has 2 amide bonds. The molecule has 0 fully saturated rings. The first-order valence-electron chi connectivity index (χ1n) is 10.5. The number of hydrogen-bond donors (Lipinski definition) is 2. The van der Waals surface area contributed by atoms with Gasteiger partial charge in [-0.1, -0.05) is 41.9 Å². The molecule has 2 N–H and O–H groups in total. The molecule has 0 atom stereocenters. The van der Waals surface area contributed by atoms with Crippen LogP contribution in [0.3, 0.4) is 0 Å². The molecule has 34 heavy (non-hydrogen) atoms. The fourth-order valence-electron chi connectivity index (χ4n) is 3.38. The van der Waals surface area contributed by atoms with Crippen molar-refractivity contribution in [2.45, 2.75) is 20.4 Å². The number of nitro groups is 1. The lowest BCUT2D eigenvalue weighted by molar-refractivity contribution is -0.384. The van der Waals surface area contributed by atoms with E-state index in [4.69, 9.17) is 11.6 Å². The highest BCUT2D eigenvalue weighted by atomic mass is 35.5. The van der Waals surface area contributed by atoms with Crippen LogP contribution in [0, 0.1) is 24.0 Å². The molecule has 3 aromatic carbocycles. The molecule has 0 spiro atoms. The Morgan fingerprint density at radius 1 is 1.03 bits per heavy atom. The number of hydrogen-bond acceptors (Lipinski definition) is 5. The molecule has 176 valence electrons. The van der Waals surface area contributed by atoms with Gasteiger partial charge in [-0.3, -0.25) is 19.7 Å². The van der Waals surface area contributed by atoms with Gasteiger partial charge in [0.25, 0.3) is 11.6 Å². The number of likely N-dealkylation sites (N-methyl/N-ethyl adjacent to an activating group) is 1. The zero-order valence-electron chi connectivity index (χ0n) is 19.1. The highest BCUT2D eigenvalue weighted by Crippen LogP contribution is 2.27. The Balaban J connectivity index is 1.70. The molecule has 0 aliphatic carbocycles. The van der Waals surface area contributed by atoms with Gasteiger partial charge in [-0.25, -0.2) is 0 Å². The summed E-state index contributed by atoms with van der Waals surface area (Å²) in [5.41, 5.74) is 3.57. The van der Waals surface area contributed by atoms with Gasteiger partial charge in [-0.05, 0) is 54.8 Å². The van der Waals surface area contributed by atoms with Crippen LogP contribution in [0.5, 0.6) is 0 Å². The molecule has 3 aromatic rings. The van der Waals surface area contributed by atoms with Gasteiger partial charge in [0.2, 0.25) is 5.91 Å². The van der Waals surface area contributed by atoms with Crippen molar-refractivity contribution in [3.8, 4) is 0 Å². The molecule has 0 saturated heterocycles. The highest BCUT2D eigenvalue weighted by molar-refractivity contribution is 6.31. The first kappa shape index (κ1) is 24.7. The van der Waals surface area contributed by atoms with Crippen LogP contribution in [0.4, 0.5) is 17.1 Å². The number of rotatable bonds is 8. The molecule has 3 rings (SSSR count). The molecule has 0 heterocycles. The first-order chi connectivity index (χ1) is 16.2. The molecular formula is C25H25ClN4O4. The van der Waals surface area contributed by atoms with Crippen molar-refractivity contribution in [3.05, 3.63) is 98.1 Å². The monoisotopic (exact) mass is 480 g/mol. The van der Waals surface area contributed by atoms with E-state index in [2.05, 4.69) is 10.6 Å². The molecule has 0 bridgehead atoms. The maximum Gasteiger partial charge on any atom is 0.293 e. The zero-order chi connectivity index (χ0) is 24.8. The highest BCUT2D eigenvalue weighted by Gasteiger charge is 2.21. The topological polar surface area (TPSA) is 105 Å². The molecule has 0 saturated carbocycles. The summed E-state index contributed by atoms with van der Waals surface area (Å²) in [6.45, 7) is 3.93. The lowest BCUT2D eigenvalue weighted by Crippen LogP contribution is -2.35. The van der Waals surface area contributed by atoms with Crippen molar-refractivity contribution in [1.82, 2.24) is 4.90 Å². The third-order valence-electron chi connectivity index (χ3n) is 5.47. The fraction of sp³-hybridized carbons (Fsp3) is 0.200. The largest absolute Gasteiger partial charge is 0.375 e. The van der Waals surface area contributed by atoms with E-state index in [1.54, 1.807) is 18.2 Å². The van der Waals surface area contributed by atoms with Crippen LogP contribution in [-0.2, 0) is 11.3 Å². The summed E-state index contributed by atoms with van der Waals surface area (Å²) in [5, 5.41) is 18.0. The Kier molecular flexibility index (Phi) is 7.86. The minimum Gasteiger partial charge on any atom is -0.375 e. The zero-order valence-corrected chi connectivity index (χ0v) is 19.8. The maximum atomic E-state index is 12.8. The van der Waals surface area contributed by atoms with Crippen LogP contribution < -0.4 is 10.6 Å². The molecule has 0 unspecified atom stereocenters. The van der Waals surface area contributed by atoms with Crippen molar-refractivity contribution >= 4 is 40.5 Å². The number of benzene rings is 3. The van der Waals surface area contributed by atoms with Gasteiger partial charge in [0, 0.05) is 35.9 Å². The summed E-state index contributed by atoms with van der Waals surface area (Å²) in [7, 11) is 1.47. The van der Waals surface area contributed by atoms with Crippen LogP contribution >= 0.6 is 11.6 Å². The van der Waals surface area contributed by atoms with Gasteiger partial charge >= 0.3 is 0 Å². The Morgan fingerprint density at radius 3 is 2.47 bits per heavy atom. The lowest BCUT2D eigenvalue weighted by atomic mass is 10.1. The fourth-order valence-corrected chi connectivity index (χ4v) is 3.58. The van der Waals surface area contributed by atoms with Crippen molar-refractivity contribution in [1.29, 1.82) is 0 Å². The van der Waals surface area contributed by atoms with E-state index in [9.17, 15) is 19.7 Å². The molecule has 0 radical (unpaired) electrons. The molecule has 0 aromatic heterocycles. The number of nitro benzene ring substituents is 1. The predicted octanol–water partition coefficient (Wildman–Crippen LogP) is 5.19. The van der Waals surface area contributed by atoms with Crippen molar-refractivity contribution in [3.63, 3.8) is 0 Å². The van der Waals surface area contributed by atoms with Gasteiger partial charge in [0.15, 0.2) is 0 Å². The SMILES string of the molecule is Cc1cccc(NC(=O)CN(C)C(=O)c2ccc(NCc3ccccc3Cl)c([N+](=O)[O-])c2)c1C. The number of anilines is 2. The average molecular weight is 481 g/mol. The summed E-state index contributed by atoms with van der Waals surface area (Å²) in [4.78, 5) is 37.6. The number of nitrogens with zero attached hydrogens (tertiary/aromatic N) is 2. The minimum absolute atomic E-state index is 0.108. The molecule has 0 aliphatic heterocycles. The van der Waals surface area contributed by atoms with Crippen molar-refractivity contribution < 1.29 is 14.5 Å². The number of carbonyl (C=O) groups is 2. The molecule has 0 aliphatic rings. The van der Waals surface area contributed by atoms with Crippen LogP contribution in [-0.4, -0.2) is 35.2 Å². The van der Waals surface area contributed by atoms with Crippen LogP contribution in [0.2, 0.25) is 5.02 Å². The molecule has 9 heteroatoms. The third-order valence-corrected chi connectivity index (χ3v) is 5.84. The van der Waals surface area contributed by atoms with E-state index in [-0.39, 0.29) is 35.9 Å². The summed E-state index contributed by atoms with van der Waals surface area (Å²) in [6.07, 6.45) is 0. The number of amides is 2. The smallest absolute Gasteiger partial charge is 0.293 e. The third kappa shape index (κ3) is 5.90. The number of carbonyl (C=O) groups excluding carboxylic acids is 2. The van der Waals surface area contributed by atoms with Gasteiger partial charge < -0.3 is 15.5 Å². The second-order valence-corrected chi connectivity index (χ2v) is 8.30. The van der Waals surface area contributed by atoms with E-state index in [1.165, 1.54) is 30.1 Å². The summed E-state index contributed by atoms with van der Waals surface area (Å²) >= 11 is 6.15. The average Bonchev–Trinajstić information content (AvgIpc) is 2.80. The van der Waals surface area contributed by atoms with Crippen LogP contribution in [0.25, 0.3) is 0 Å². The number of nitrogens with one attached hydrogen (secondary N) is 2. The van der Waals surface area contributed by atoms with Gasteiger partial charge in [-0.2, -0.15) is 0 Å². The first-order valence-corrected chi connectivity index (χ1v) is 10.9. The second kappa shape index (κ2) is 10.8. The quantitative estimate of drug-likeness (QED) is 0.341. The predicted molar refractivity (Wildman–Crippen MR) is 133 cm³/mol. The van der Waals surface area contributed by atoms with Crippen LogP contribution in [0.1, 0.15) is 27.0 Å². The summed E-state index contributed by atoms with van der Waals surface area (Å²) in [5.74, 6) is -0.867. The normalized spacial score (nSPS) is 10.5. The Bertz CT molecular complexity index is 1250. The van der Waals surface area contributed by atoms with E-state index in [0.29, 0.717) is 10.7 Å². The van der Waals surface area contributed by atoms with Crippen molar-refractivity contribution in [2.24, 2.45) is 0 Å². The van der Waals surface area contributed by atoms with Gasteiger partial charge in [0.1, 0.15) is 5.69 Å². The minimum atomic E-state index is -0.557. The van der Waals surface area contributed by atoms with Crippen LogP contribution in [0.15, 0.2) is 60.7 Å². The van der Waals surface area contributed by atoms with E-state index >= 15 is 0 Å². The summed E-state index contributed by atoms with van der Waals surface area (Å²) in [6, 6.07) is 16.9.